The molecule has 0 bridgehead atoms. The van der Waals surface area contributed by atoms with Gasteiger partial charge in [0.15, 0.2) is 0 Å². The summed E-state index contributed by atoms with van der Waals surface area (Å²) in [7, 11) is 0. The molecule has 0 aliphatic rings. The van der Waals surface area contributed by atoms with Crippen LogP contribution in [0.4, 0.5) is 10.5 Å². The number of halogens is 1. The van der Waals surface area contributed by atoms with Gasteiger partial charge >= 0.3 is 6.09 Å². The van der Waals surface area contributed by atoms with Gasteiger partial charge in [0.05, 0.1) is 10.7 Å². The minimum Gasteiger partial charge on any atom is -0.444 e. The van der Waals surface area contributed by atoms with Crippen LogP contribution < -0.4 is 10.6 Å². The Morgan fingerprint density at radius 2 is 1.63 bits per heavy atom. The number of benzene rings is 2. The maximum absolute atomic E-state index is 13.7. The summed E-state index contributed by atoms with van der Waals surface area (Å²) in [6, 6.07) is 9.85. The Kier molecular flexibility index (Phi) is 9.32. The fraction of sp³-hybridized carbons (Fsp3) is 0.444. The SMILES string of the molecule is Cc1cc(C)cc(C(C(=O)Nc2c(C)cccc2Cl)N(C(=O)CNC(=O)OC(C)(C)C)C(C)C)c1. The quantitative estimate of drug-likeness (QED) is 0.509. The predicted molar refractivity (Wildman–Crippen MR) is 140 cm³/mol. The molecule has 1 atom stereocenters. The van der Waals surface area contributed by atoms with Crippen LogP contribution in [0.3, 0.4) is 0 Å². The van der Waals surface area contributed by atoms with Crippen molar-refractivity contribution in [3.8, 4) is 0 Å². The largest absolute Gasteiger partial charge is 0.444 e. The number of anilines is 1. The van der Waals surface area contributed by atoms with Crippen LogP contribution in [0.5, 0.6) is 0 Å². The third kappa shape index (κ3) is 7.99. The third-order valence-electron chi connectivity index (χ3n) is 5.18. The van der Waals surface area contributed by atoms with E-state index in [0.29, 0.717) is 16.3 Å². The maximum Gasteiger partial charge on any atom is 0.408 e. The van der Waals surface area contributed by atoms with E-state index < -0.39 is 29.6 Å². The lowest BCUT2D eigenvalue weighted by Crippen LogP contribution is -2.49. The van der Waals surface area contributed by atoms with Crippen LogP contribution in [0.1, 0.15) is 62.9 Å². The molecule has 0 heterocycles. The molecule has 0 saturated carbocycles. The van der Waals surface area contributed by atoms with Crippen molar-refractivity contribution in [3.05, 3.63) is 63.7 Å². The van der Waals surface area contributed by atoms with E-state index in [1.165, 1.54) is 4.90 Å². The number of hydrogen-bond donors (Lipinski definition) is 2. The van der Waals surface area contributed by atoms with E-state index in [2.05, 4.69) is 10.6 Å². The Morgan fingerprint density at radius 3 is 2.14 bits per heavy atom. The molecule has 7 nitrogen and oxygen atoms in total. The highest BCUT2D eigenvalue weighted by Crippen LogP contribution is 2.30. The number of amides is 3. The zero-order valence-electron chi connectivity index (χ0n) is 21.8. The predicted octanol–water partition coefficient (Wildman–Crippen LogP) is 5.71. The molecule has 0 aliphatic heterocycles. The fourth-order valence-corrected chi connectivity index (χ4v) is 4.14. The van der Waals surface area contributed by atoms with Gasteiger partial charge in [-0.15, -0.1) is 0 Å². The summed E-state index contributed by atoms with van der Waals surface area (Å²) in [5.74, 6) is -0.813. The van der Waals surface area contributed by atoms with Crippen molar-refractivity contribution < 1.29 is 19.1 Å². The van der Waals surface area contributed by atoms with Gasteiger partial charge in [-0.2, -0.15) is 0 Å². The molecule has 2 N–H and O–H groups in total. The molecule has 0 spiro atoms. The van der Waals surface area contributed by atoms with Crippen molar-refractivity contribution in [1.82, 2.24) is 10.2 Å². The molecular weight excluding hydrogens is 466 g/mol. The van der Waals surface area contributed by atoms with E-state index in [9.17, 15) is 14.4 Å². The number of rotatable bonds is 7. The first-order chi connectivity index (χ1) is 16.2. The summed E-state index contributed by atoms with van der Waals surface area (Å²) >= 11 is 6.36. The maximum atomic E-state index is 13.7. The van der Waals surface area contributed by atoms with Crippen LogP contribution in [0.25, 0.3) is 0 Å². The second kappa shape index (κ2) is 11.6. The summed E-state index contributed by atoms with van der Waals surface area (Å²) < 4.78 is 5.24. The van der Waals surface area contributed by atoms with Crippen LogP contribution in [0.15, 0.2) is 36.4 Å². The van der Waals surface area contributed by atoms with Crippen LogP contribution in [-0.4, -0.2) is 41.0 Å². The Labute approximate surface area is 213 Å². The average Bonchev–Trinajstić information content (AvgIpc) is 2.70. The van der Waals surface area contributed by atoms with Gasteiger partial charge in [0.25, 0.3) is 5.91 Å². The van der Waals surface area contributed by atoms with Crippen LogP contribution >= 0.6 is 11.6 Å². The number of aryl methyl sites for hydroxylation is 3. The minimum atomic E-state index is -0.947. The highest BCUT2D eigenvalue weighted by atomic mass is 35.5. The molecule has 0 fully saturated rings. The first-order valence-electron chi connectivity index (χ1n) is 11.6. The van der Waals surface area contributed by atoms with E-state index in [-0.39, 0.29) is 12.6 Å². The molecule has 35 heavy (non-hydrogen) atoms. The first kappa shape index (κ1) is 28.2. The third-order valence-corrected chi connectivity index (χ3v) is 5.50. The normalized spacial score (nSPS) is 12.2. The lowest BCUT2D eigenvalue weighted by atomic mass is 9.98. The molecule has 2 rings (SSSR count). The summed E-state index contributed by atoms with van der Waals surface area (Å²) in [6.07, 6.45) is -0.700. The molecule has 8 heteroatoms. The van der Waals surface area contributed by atoms with Crippen LogP contribution in [0, 0.1) is 20.8 Å². The van der Waals surface area contributed by atoms with Gasteiger partial charge in [-0.1, -0.05) is 53.1 Å². The Morgan fingerprint density at radius 1 is 1.03 bits per heavy atom. The summed E-state index contributed by atoms with van der Waals surface area (Å²) in [4.78, 5) is 40.7. The summed E-state index contributed by atoms with van der Waals surface area (Å²) in [5.41, 5.74) is 3.21. The van der Waals surface area contributed by atoms with E-state index >= 15 is 0 Å². The van der Waals surface area contributed by atoms with Gasteiger partial charge in [0, 0.05) is 6.04 Å². The first-order valence-corrected chi connectivity index (χ1v) is 12.0. The smallest absolute Gasteiger partial charge is 0.408 e. The number of para-hydroxylation sites is 1. The van der Waals surface area contributed by atoms with Crippen molar-refractivity contribution in [1.29, 1.82) is 0 Å². The van der Waals surface area contributed by atoms with Gasteiger partial charge in [-0.25, -0.2) is 4.79 Å². The van der Waals surface area contributed by atoms with Gasteiger partial charge in [0.1, 0.15) is 18.2 Å². The van der Waals surface area contributed by atoms with Crippen molar-refractivity contribution in [3.63, 3.8) is 0 Å². The standard InChI is InChI=1S/C27H36ClN3O4/c1-16(2)31(22(32)15-29-26(34)35-27(6,7)8)24(20-13-17(3)12-18(4)14-20)25(33)30-23-19(5)10-9-11-21(23)28/h9-14,16,24H,15H2,1-8H3,(H,29,34)(H,30,33). The number of carbonyl (C=O) groups is 3. The molecule has 2 aromatic rings. The zero-order valence-corrected chi connectivity index (χ0v) is 22.5. The summed E-state index contributed by atoms with van der Waals surface area (Å²) in [5, 5.41) is 5.84. The van der Waals surface area contributed by atoms with Crippen molar-refractivity contribution in [2.24, 2.45) is 0 Å². The van der Waals surface area contributed by atoms with Gasteiger partial charge in [-0.3, -0.25) is 9.59 Å². The van der Waals surface area contributed by atoms with Gasteiger partial charge < -0.3 is 20.3 Å². The Bertz CT molecular complexity index is 1050. The minimum absolute atomic E-state index is 0.313. The highest BCUT2D eigenvalue weighted by molar-refractivity contribution is 6.34. The lowest BCUT2D eigenvalue weighted by Gasteiger charge is -2.35. The number of ether oxygens (including phenoxy) is 1. The number of nitrogens with zero attached hydrogens (tertiary/aromatic N) is 1. The van der Waals surface area contributed by atoms with Crippen molar-refractivity contribution in [2.45, 2.75) is 73.1 Å². The molecule has 0 saturated heterocycles. The monoisotopic (exact) mass is 501 g/mol. The molecule has 2 aromatic carbocycles. The van der Waals surface area contributed by atoms with E-state index in [4.69, 9.17) is 16.3 Å². The second-order valence-corrected chi connectivity index (χ2v) is 10.4. The van der Waals surface area contributed by atoms with Crippen LogP contribution in [0.2, 0.25) is 5.02 Å². The molecule has 0 radical (unpaired) electrons. The molecule has 0 aliphatic carbocycles. The lowest BCUT2D eigenvalue weighted by molar-refractivity contribution is -0.140. The Hall–Kier alpha value is -3.06. The van der Waals surface area contributed by atoms with Crippen LogP contribution in [-0.2, 0) is 14.3 Å². The van der Waals surface area contributed by atoms with Crippen molar-refractivity contribution in [2.75, 3.05) is 11.9 Å². The van der Waals surface area contributed by atoms with E-state index in [0.717, 1.165) is 16.7 Å². The highest BCUT2D eigenvalue weighted by Gasteiger charge is 2.34. The number of hydrogen-bond acceptors (Lipinski definition) is 4. The topological polar surface area (TPSA) is 87.7 Å². The van der Waals surface area contributed by atoms with E-state index in [1.807, 2.05) is 58.9 Å². The average molecular weight is 502 g/mol. The summed E-state index contributed by atoms with van der Waals surface area (Å²) in [6.45, 7) is 14.3. The zero-order chi connectivity index (χ0) is 26.5. The second-order valence-electron chi connectivity index (χ2n) is 9.99. The number of nitrogens with one attached hydrogen (secondary N) is 2. The fourth-order valence-electron chi connectivity index (χ4n) is 3.87. The van der Waals surface area contributed by atoms with Gasteiger partial charge in [-0.05, 0) is 72.6 Å². The molecule has 190 valence electrons. The Balaban J connectivity index is 2.44. The molecular formula is C27H36ClN3O4. The molecule has 3 amide bonds. The number of carbonyl (C=O) groups excluding carboxylic acids is 3. The van der Waals surface area contributed by atoms with Gasteiger partial charge in [0.2, 0.25) is 5.91 Å². The number of alkyl carbamates (subject to hydrolysis) is 1. The molecule has 1 unspecified atom stereocenters. The van der Waals surface area contributed by atoms with E-state index in [1.54, 1.807) is 32.9 Å². The molecule has 0 aromatic heterocycles. The van der Waals surface area contributed by atoms with Crippen molar-refractivity contribution >= 4 is 35.2 Å².